The van der Waals surface area contributed by atoms with E-state index >= 15 is 0 Å². The summed E-state index contributed by atoms with van der Waals surface area (Å²) < 4.78 is 0. The van der Waals surface area contributed by atoms with Crippen molar-refractivity contribution in [2.24, 2.45) is 0 Å². The minimum absolute atomic E-state index is 0.0237. The Labute approximate surface area is 160 Å². The van der Waals surface area contributed by atoms with Crippen LogP contribution in [-0.2, 0) is 24.1 Å². The first kappa shape index (κ1) is 17.8. The van der Waals surface area contributed by atoms with Crippen molar-refractivity contribution in [2.75, 3.05) is 18.4 Å². The molecule has 2 aliphatic rings. The van der Waals surface area contributed by atoms with Crippen molar-refractivity contribution in [1.29, 1.82) is 0 Å². The molecule has 0 spiro atoms. The molecule has 2 aromatic carbocycles. The van der Waals surface area contributed by atoms with Gasteiger partial charge in [-0.15, -0.1) is 0 Å². The molecule has 0 aromatic heterocycles. The topological polar surface area (TPSA) is 49.4 Å². The van der Waals surface area contributed by atoms with E-state index < -0.39 is 0 Å². The summed E-state index contributed by atoms with van der Waals surface area (Å²) in [7, 11) is 0. The van der Waals surface area contributed by atoms with Gasteiger partial charge in [0.1, 0.15) is 0 Å². The lowest BCUT2D eigenvalue weighted by atomic mass is 9.90. The number of nitrogens with zero attached hydrogens (tertiary/aromatic N) is 1. The molecule has 0 atom stereocenters. The Morgan fingerprint density at radius 3 is 2.30 bits per heavy atom. The first-order valence-electron chi connectivity index (χ1n) is 9.99. The van der Waals surface area contributed by atoms with Gasteiger partial charge in [0, 0.05) is 24.3 Å². The number of aryl methyl sites for hydroxylation is 2. The monoisotopic (exact) mass is 362 g/mol. The zero-order chi connectivity index (χ0) is 18.6. The van der Waals surface area contributed by atoms with Crippen LogP contribution >= 0.6 is 0 Å². The van der Waals surface area contributed by atoms with Crippen molar-refractivity contribution < 1.29 is 9.59 Å². The number of likely N-dealkylation sites (tertiary alicyclic amines) is 1. The summed E-state index contributed by atoms with van der Waals surface area (Å²) in [5.41, 5.74) is 5.31. The molecule has 0 bridgehead atoms. The van der Waals surface area contributed by atoms with Crippen LogP contribution in [-0.4, -0.2) is 29.8 Å². The van der Waals surface area contributed by atoms with Gasteiger partial charge in [-0.05, 0) is 79.5 Å². The summed E-state index contributed by atoms with van der Waals surface area (Å²) in [5, 5.41) is 2.94. The van der Waals surface area contributed by atoms with Crippen LogP contribution in [0.2, 0.25) is 0 Å². The molecule has 4 heteroatoms. The van der Waals surface area contributed by atoms with E-state index in [4.69, 9.17) is 0 Å². The quantitative estimate of drug-likeness (QED) is 0.894. The van der Waals surface area contributed by atoms with Crippen molar-refractivity contribution in [3.8, 4) is 0 Å². The minimum atomic E-state index is -0.0237. The molecule has 1 heterocycles. The third-order valence-electron chi connectivity index (χ3n) is 5.59. The predicted molar refractivity (Wildman–Crippen MR) is 107 cm³/mol. The molecule has 1 N–H and O–H groups in total. The molecule has 1 aliphatic heterocycles. The van der Waals surface area contributed by atoms with Crippen LogP contribution in [0.4, 0.5) is 5.69 Å². The van der Waals surface area contributed by atoms with Gasteiger partial charge in [-0.1, -0.05) is 18.2 Å². The summed E-state index contributed by atoms with van der Waals surface area (Å²) in [6.07, 6.45) is 7.34. The Balaban J connectivity index is 1.36. The largest absolute Gasteiger partial charge is 0.339 e. The Morgan fingerprint density at radius 2 is 1.56 bits per heavy atom. The van der Waals surface area contributed by atoms with E-state index in [9.17, 15) is 9.59 Å². The number of amides is 2. The first-order valence-corrected chi connectivity index (χ1v) is 9.99. The Morgan fingerprint density at radius 1 is 0.852 bits per heavy atom. The van der Waals surface area contributed by atoms with Gasteiger partial charge in [-0.2, -0.15) is 0 Å². The van der Waals surface area contributed by atoms with Gasteiger partial charge in [0.25, 0.3) is 5.91 Å². The number of nitrogens with one attached hydrogen (secondary N) is 1. The molecule has 0 saturated carbocycles. The van der Waals surface area contributed by atoms with Crippen LogP contribution in [0.25, 0.3) is 0 Å². The van der Waals surface area contributed by atoms with E-state index in [-0.39, 0.29) is 11.8 Å². The van der Waals surface area contributed by atoms with Crippen LogP contribution in [0.3, 0.4) is 0 Å². The highest BCUT2D eigenvalue weighted by Crippen LogP contribution is 2.22. The average molecular weight is 362 g/mol. The predicted octanol–water partition coefficient (Wildman–Crippen LogP) is 3.98. The number of anilines is 1. The van der Waals surface area contributed by atoms with Crippen molar-refractivity contribution in [1.82, 2.24) is 4.90 Å². The summed E-state index contributed by atoms with van der Waals surface area (Å²) in [5.74, 6) is 0.0591. The third-order valence-corrected chi connectivity index (χ3v) is 5.59. The zero-order valence-electron chi connectivity index (χ0n) is 15.7. The number of hydrogen-bond acceptors (Lipinski definition) is 2. The van der Waals surface area contributed by atoms with Gasteiger partial charge in [0.2, 0.25) is 5.91 Å². The summed E-state index contributed by atoms with van der Waals surface area (Å²) in [4.78, 5) is 26.7. The van der Waals surface area contributed by atoms with E-state index in [1.165, 1.54) is 24.0 Å². The molecule has 1 aliphatic carbocycles. The van der Waals surface area contributed by atoms with Crippen LogP contribution in [0.5, 0.6) is 0 Å². The molecule has 1 fully saturated rings. The second-order valence-corrected chi connectivity index (χ2v) is 7.61. The lowest BCUT2D eigenvalue weighted by molar-refractivity contribution is -0.115. The summed E-state index contributed by atoms with van der Waals surface area (Å²) in [6.45, 7) is 1.69. The van der Waals surface area contributed by atoms with Gasteiger partial charge in [0.05, 0.1) is 6.42 Å². The Hall–Kier alpha value is -2.62. The van der Waals surface area contributed by atoms with Gasteiger partial charge in [-0.25, -0.2) is 0 Å². The first-order chi connectivity index (χ1) is 13.2. The molecule has 2 aromatic rings. The van der Waals surface area contributed by atoms with E-state index in [2.05, 4.69) is 23.5 Å². The fraction of sp³-hybridized carbons (Fsp3) is 0.391. The third kappa shape index (κ3) is 4.21. The smallest absolute Gasteiger partial charge is 0.253 e. The van der Waals surface area contributed by atoms with E-state index in [1.54, 1.807) is 12.1 Å². The SMILES string of the molecule is O=C(Cc1ccc2c(c1)CCCC2)Nc1ccc(C(=O)N2CCCC2)cc1. The Bertz CT molecular complexity index is 836. The molecule has 1 saturated heterocycles. The molecule has 4 rings (SSSR count). The highest BCUT2D eigenvalue weighted by molar-refractivity contribution is 5.96. The standard InChI is InChI=1S/C23H26N2O2/c26-22(16-17-7-8-18-5-1-2-6-20(18)15-17)24-21-11-9-19(10-12-21)23(27)25-13-3-4-14-25/h7-12,15H,1-6,13-14,16H2,(H,24,26). The summed E-state index contributed by atoms with van der Waals surface area (Å²) >= 11 is 0. The normalized spacial score (nSPS) is 16.1. The van der Waals surface area contributed by atoms with Crippen LogP contribution in [0.1, 0.15) is 52.7 Å². The van der Waals surface area contributed by atoms with E-state index in [0.29, 0.717) is 12.0 Å². The van der Waals surface area contributed by atoms with Crippen molar-refractivity contribution in [3.05, 3.63) is 64.7 Å². The van der Waals surface area contributed by atoms with Gasteiger partial charge in [-0.3, -0.25) is 9.59 Å². The molecule has 2 amide bonds. The summed E-state index contributed by atoms with van der Waals surface area (Å²) in [6, 6.07) is 13.7. The lowest BCUT2D eigenvalue weighted by Crippen LogP contribution is -2.27. The Kier molecular flexibility index (Phi) is 5.23. The molecular weight excluding hydrogens is 336 g/mol. The van der Waals surface area contributed by atoms with Gasteiger partial charge in [0.15, 0.2) is 0 Å². The molecule has 0 unspecified atom stereocenters. The number of carbonyl (C=O) groups excluding carboxylic acids is 2. The number of rotatable bonds is 4. The van der Waals surface area contributed by atoms with Crippen LogP contribution in [0, 0.1) is 0 Å². The lowest BCUT2D eigenvalue weighted by Gasteiger charge is -2.16. The number of benzene rings is 2. The minimum Gasteiger partial charge on any atom is -0.339 e. The second-order valence-electron chi connectivity index (χ2n) is 7.61. The van der Waals surface area contributed by atoms with Gasteiger partial charge < -0.3 is 10.2 Å². The highest BCUT2D eigenvalue weighted by Gasteiger charge is 2.19. The maximum atomic E-state index is 12.4. The van der Waals surface area contributed by atoms with Crippen molar-refractivity contribution >= 4 is 17.5 Å². The fourth-order valence-electron chi connectivity index (χ4n) is 4.09. The molecule has 27 heavy (non-hydrogen) atoms. The molecule has 4 nitrogen and oxygen atoms in total. The number of fused-ring (bicyclic) bond motifs is 1. The highest BCUT2D eigenvalue weighted by atomic mass is 16.2. The van der Waals surface area contributed by atoms with E-state index in [0.717, 1.165) is 50.0 Å². The second kappa shape index (κ2) is 7.95. The maximum absolute atomic E-state index is 12.4. The molecule has 0 radical (unpaired) electrons. The molecule has 140 valence electrons. The zero-order valence-corrected chi connectivity index (χ0v) is 15.7. The number of hydrogen-bond donors (Lipinski definition) is 1. The molecular formula is C23H26N2O2. The van der Waals surface area contributed by atoms with Crippen molar-refractivity contribution in [2.45, 2.75) is 44.9 Å². The average Bonchev–Trinajstić information content (AvgIpc) is 3.23. The van der Waals surface area contributed by atoms with Crippen molar-refractivity contribution in [3.63, 3.8) is 0 Å². The number of carbonyl (C=O) groups is 2. The fourth-order valence-corrected chi connectivity index (χ4v) is 4.09. The van der Waals surface area contributed by atoms with Crippen LogP contribution in [0.15, 0.2) is 42.5 Å². The van der Waals surface area contributed by atoms with E-state index in [1.807, 2.05) is 17.0 Å². The maximum Gasteiger partial charge on any atom is 0.253 e. The van der Waals surface area contributed by atoms with Crippen LogP contribution < -0.4 is 5.32 Å². The van der Waals surface area contributed by atoms with Gasteiger partial charge >= 0.3 is 0 Å².